The van der Waals surface area contributed by atoms with E-state index >= 15 is 0 Å². The second-order valence-corrected chi connectivity index (χ2v) is 4.47. The quantitative estimate of drug-likeness (QED) is 0.555. The van der Waals surface area contributed by atoms with Crippen LogP contribution in [0.2, 0.25) is 5.15 Å². The topological polar surface area (TPSA) is 140 Å². The Morgan fingerprint density at radius 1 is 1.45 bits per heavy atom. The summed E-state index contributed by atoms with van der Waals surface area (Å²) in [4.78, 5) is 11.8. The van der Waals surface area contributed by atoms with Gasteiger partial charge in [-0.05, 0) is 0 Å². The highest BCUT2D eigenvalue weighted by molar-refractivity contribution is 6.33. The van der Waals surface area contributed by atoms with Crippen molar-refractivity contribution in [2.24, 2.45) is 0 Å². The summed E-state index contributed by atoms with van der Waals surface area (Å²) < 4.78 is 6.63. The molecule has 1 aliphatic rings. The van der Waals surface area contributed by atoms with Gasteiger partial charge in [-0.3, -0.25) is 4.57 Å². The fourth-order valence-corrected chi connectivity index (χ4v) is 2.20. The molecular formula is C10H10ClN5O4. The zero-order valence-electron chi connectivity index (χ0n) is 9.93. The number of aromatic nitrogens is 4. The minimum Gasteiger partial charge on any atom is -0.506 e. The lowest BCUT2D eigenvalue weighted by Crippen LogP contribution is -2.22. The van der Waals surface area contributed by atoms with Gasteiger partial charge in [0.15, 0.2) is 28.4 Å². The van der Waals surface area contributed by atoms with Crippen LogP contribution in [0, 0.1) is 0 Å². The molecule has 2 atom stereocenters. The average Bonchev–Trinajstić information content (AvgIpc) is 2.93. The predicted octanol–water partition coefficient (Wildman–Crippen LogP) is -0.287. The van der Waals surface area contributed by atoms with E-state index in [0.717, 1.165) is 0 Å². The first-order valence-corrected chi connectivity index (χ1v) is 5.94. The molecule has 0 amide bonds. The number of rotatable bonds is 2. The SMILES string of the molecule is Nc1nc(Cl)c2ncn([C@@H]3OC(CO)=C(O)C3O)c2n1. The number of aliphatic hydroxyl groups excluding tert-OH is 3. The van der Waals surface area contributed by atoms with Gasteiger partial charge in [0.2, 0.25) is 12.2 Å². The van der Waals surface area contributed by atoms with Crippen LogP contribution < -0.4 is 5.73 Å². The highest BCUT2D eigenvalue weighted by atomic mass is 35.5. The average molecular weight is 300 g/mol. The van der Waals surface area contributed by atoms with Gasteiger partial charge in [0.25, 0.3) is 0 Å². The minimum absolute atomic E-state index is 0.0590. The number of imidazole rings is 1. The number of anilines is 1. The number of nitrogens with zero attached hydrogens (tertiary/aromatic N) is 4. The fraction of sp³-hybridized carbons (Fsp3) is 0.300. The molecule has 9 nitrogen and oxygen atoms in total. The summed E-state index contributed by atoms with van der Waals surface area (Å²) in [7, 11) is 0. The van der Waals surface area contributed by atoms with Gasteiger partial charge >= 0.3 is 0 Å². The van der Waals surface area contributed by atoms with E-state index in [1.807, 2.05) is 0 Å². The number of hydrogen-bond donors (Lipinski definition) is 4. The van der Waals surface area contributed by atoms with Crippen molar-refractivity contribution in [3.63, 3.8) is 0 Å². The van der Waals surface area contributed by atoms with E-state index in [1.54, 1.807) is 0 Å². The third kappa shape index (κ3) is 1.75. The summed E-state index contributed by atoms with van der Waals surface area (Å²) >= 11 is 5.89. The molecule has 3 rings (SSSR count). The van der Waals surface area contributed by atoms with E-state index < -0.39 is 24.7 Å². The molecule has 0 radical (unpaired) electrons. The lowest BCUT2D eigenvalue weighted by atomic mass is 10.2. The smallest absolute Gasteiger partial charge is 0.223 e. The van der Waals surface area contributed by atoms with Crippen LogP contribution in [-0.4, -0.2) is 47.5 Å². The van der Waals surface area contributed by atoms with Crippen molar-refractivity contribution in [3.05, 3.63) is 23.0 Å². The van der Waals surface area contributed by atoms with E-state index in [9.17, 15) is 10.2 Å². The van der Waals surface area contributed by atoms with Crippen LogP contribution in [0.4, 0.5) is 5.95 Å². The molecule has 2 aromatic rings. The van der Waals surface area contributed by atoms with Gasteiger partial charge in [-0.1, -0.05) is 11.6 Å². The summed E-state index contributed by atoms with van der Waals surface area (Å²) in [6, 6.07) is 0. The van der Waals surface area contributed by atoms with Crippen LogP contribution in [0.1, 0.15) is 6.23 Å². The molecule has 1 unspecified atom stereocenters. The van der Waals surface area contributed by atoms with Crippen LogP contribution in [0.15, 0.2) is 17.8 Å². The van der Waals surface area contributed by atoms with Crippen LogP contribution in [0.3, 0.4) is 0 Å². The van der Waals surface area contributed by atoms with Gasteiger partial charge in [-0.2, -0.15) is 9.97 Å². The van der Waals surface area contributed by atoms with E-state index in [-0.39, 0.29) is 28.0 Å². The lowest BCUT2D eigenvalue weighted by molar-refractivity contribution is -0.0119. The standard InChI is InChI=1S/C10H10ClN5O4/c11-7-4-8(15-10(12)14-7)16(2-13-4)9-6(19)5(18)3(1-17)20-9/h2,6,9,17-19H,1H2,(H2,12,14,15)/t6?,9-/m1/s1. The molecule has 106 valence electrons. The lowest BCUT2D eigenvalue weighted by Gasteiger charge is -2.17. The Bertz CT molecular complexity index is 715. The van der Waals surface area contributed by atoms with Crippen LogP contribution in [-0.2, 0) is 4.74 Å². The van der Waals surface area contributed by atoms with Crippen LogP contribution in [0.5, 0.6) is 0 Å². The molecule has 0 fully saturated rings. The molecule has 0 spiro atoms. The molecule has 0 saturated heterocycles. The summed E-state index contributed by atoms with van der Waals surface area (Å²) in [5, 5.41) is 28.7. The second-order valence-electron chi connectivity index (χ2n) is 4.12. The Balaban J connectivity index is 2.09. The predicted molar refractivity (Wildman–Crippen MR) is 67.6 cm³/mol. The summed E-state index contributed by atoms with van der Waals surface area (Å²) in [6.07, 6.45) is -1.05. The normalized spacial score (nSPS) is 22.6. The van der Waals surface area contributed by atoms with Gasteiger partial charge in [-0.15, -0.1) is 0 Å². The van der Waals surface area contributed by atoms with Gasteiger partial charge in [0.05, 0.1) is 0 Å². The number of hydrogen-bond acceptors (Lipinski definition) is 8. The Morgan fingerprint density at radius 3 is 2.85 bits per heavy atom. The second kappa shape index (κ2) is 4.47. The first-order valence-electron chi connectivity index (χ1n) is 5.56. The van der Waals surface area contributed by atoms with E-state index in [2.05, 4.69) is 15.0 Å². The number of fused-ring (bicyclic) bond motifs is 1. The molecule has 1 aliphatic heterocycles. The van der Waals surface area contributed by atoms with Crippen molar-refractivity contribution in [1.29, 1.82) is 0 Å². The highest BCUT2D eigenvalue weighted by Gasteiger charge is 2.37. The Morgan fingerprint density at radius 2 is 2.20 bits per heavy atom. The maximum atomic E-state index is 9.93. The van der Waals surface area contributed by atoms with Crippen LogP contribution >= 0.6 is 11.6 Å². The van der Waals surface area contributed by atoms with Crippen molar-refractivity contribution in [1.82, 2.24) is 19.5 Å². The summed E-state index contributed by atoms with van der Waals surface area (Å²) in [5.41, 5.74) is 6.05. The number of nitrogens with two attached hydrogens (primary N) is 1. The molecule has 10 heteroatoms. The molecule has 0 aliphatic carbocycles. The Kier molecular flexibility index (Phi) is 2.89. The number of aliphatic hydroxyl groups is 3. The maximum absolute atomic E-state index is 9.93. The zero-order valence-corrected chi connectivity index (χ0v) is 10.7. The van der Waals surface area contributed by atoms with Gasteiger partial charge in [0, 0.05) is 0 Å². The Labute approximate surface area is 116 Å². The third-order valence-corrected chi connectivity index (χ3v) is 3.18. The fourth-order valence-electron chi connectivity index (χ4n) is 1.98. The first kappa shape index (κ1) is 12.9. The van der Waals surface area contributed by atoms with Gasteiger partial charge in [-0.25, -0.2) is 4.98 Å². The summed E-state index contributed by atoms with van der Waals surface area (Å²) in [6.45, 7) is -0.538. The van der Waals surface area contributed by atoms with Crippen molar-refractivity contribution in [2.75, 3.05) is 12.3 Å². The molecule has 0 aromatic carbocycles. The van der Waals surface area contributed by atoms with Crippen molar-refractivity contribution < 1.29 is 20.1 Å². The molecule has 5 N–H and O–H groups in total. The van der Waals surface area contributed by atoms with Crippen molar-refractivity contribution >= 4 is 28.7 Å². The third-order valence-electron chi connectivity index (χ3n) is 2.91. The molecular weight excluding hydrogens is 290 g/mol. The van der Waals surface area contributed by atoms with E-state index in [0.29, 0.717) is 0 Å². The molecule has 2 aromatic heterocycles. The van der Waals surface area contributed by atoms with Crippen molar-refractivity contribution in [2.45, 2.75) is 12.3 Å². The van der Waals surface area contributed by atoms with E-state index in [4.69, 9.17) is 27.2 Å². The first-order chi connectivity index (χ1) is 9.52. The van der Waals surface area contributed by atoms with Gasteiger partial charge in [0.1, 0.15) is 18.5 Å². The zero-order chi connectivity index (χ0) is 14.4. The molecule has 20 heavy (non-hydrogen) atoms. The number of ether oxygens (including phenoxy) is 1. The molecule has 3 heterocycles. The van der Waals surface area contributed by atoms with Crippen LogP contribution in [0.25, 0.3) is 11.2 Å². The number of halogens is 1. The Hall–Kier alpha value is -2.10. The molecule has 0 saturated carbocycles. The minimum atomic E-state index is -1.36. The van der Waals surface area contributed by atoms with Gasteiger partial charge < -0.3 is 25.8 Å². The highest BCUT2D eigenvalue weighted by Crippen LogP contribution is 2.33. The summed E-state index contributed by atoms with van der Waals surface area (Å²) in [5.74, 6) is -0.610. The van der Waals surface area contributed by atoms with E-state index in [1.165, 1.54) is 10.9 Å². The monoisotopic (exact) mass is 299 g/mol. The molecule has 0 bridgehead atoms. The maximum Gasteiger partial charge on any atom is 0.223 e. The number of nitrogen functional groups attached to an aromatic ring is 1. The van der Waals surface area contributed by atoms with Crippen molar-refractivity contribution in [3.8, 4) is 0 Å². The largest absolute Gasteiger partial charge is 0.506 e.